The van der Waals surface area contributed by atoms with Gasteiger partial charge in [0.05, 0.1) is 13.1 Å². The van der Waals surface area contributed by atoms with Gasteiger partial charge < -0.3 is 0 Å². The summed E-state index contributed by atoms with van der Waals surface area (Å²) in [6.45, 7) is 4.28. The predicted octanol–water partition coefficient (Wildman–Crippen LogP) is 1.23. The second-order valence-electron chi connectivity index (χ2n) is 5.94. The lowest BCUT2D eigenvalue weighted by Crippen LogP contribution is -2.47. The first-order valence-electron chi connectivity index (χ1n) is 7.48. The van der Waals surface area contributed by atoms with Gasteiger partial charge in [-0.2, -0.15) is 4.57 Å². The van der Waals surface area contributed by atoms with Gasteiger partial charge in [0.1, 0.15) is 7.05 Å². The minimum atomic E-state index is 1.14. The third kappa shape index (κ3) is 2.41. The molecule has 3 rings (SSSR count). The largest absolute Gasteiger partial charge is 0.342 e. The molecule has 0 N–H and O–H groups in total. The standard InChI is InChI=1S/C18H23N4/c1-14-7-10-19(3)16(11-14)17-12-15(2)13-18(21(17)5)22-9-6-8-20(22)4/h6-13H,1-5H3/q+3. The minimum Gasteiger partial charge on any atom is -0.219 e. The van der Waals surface area contributed by atoms with Crippen LogP contribution in [0.4, 0.5) is 0 Å². The topological polar surface area (TPSA) is 16.6 Å². The Morgan fingerprint density at radius 2 is 1.59 bits per heavy atom. The highest BCUT2D eigenvalue weighted by molar-refractivity contribution is 5.50. The van der Waals surface area contributed by atoms with Gasteiger partial charge in [0.15, 0.2) is 25.1 Å². The molecule has 0 amide bonds. The van der Waals surface area contributed by atoms with Gasteiger partial charge in [-0.3, -0.25) is 0 Å². The van der Waals surface area contributed by atoms with Crippen molar-refractivity contribution < 1.29 is 13.8 Å². The summed E-state index contributed by atoms with van der Waals surface area (Å²) >= 11 is 0. The van der Waals surface area contributed by atoms with Crippen molar-refractivity contribution in [1.82, 2.24) is 4.68 Å². The summed E-state index contributed by atoms with van der Waals surface area (Å²) < 4.78 is 8.63. The van der Waals surface area contributed by atoms with Crippen LogP contribution in [0.1, 0.15) is 11.1 Å². The van der Waals surface area contributed by atoms with Crippen LogP contribution in [0.5, 0.6) is 0 Å². The normalized spacial score (nSPS) is 11.0. The zero-order valence-electron chi connectivity index (χ0n) is 13.9. The van der Waals surface area contributed by atoms with Crippen LogP contribution < -0.4 is 13.8 Å². The van der Waals surface area contributed by atoms with Gasteiger partial charge in [-0.1, -0.05) is 0 Å². The number of hydrogen-bond donors (Lipinski definition) is 0. The minimum absolute atomic E-state index is 1.14. The van der Waals surface area contributed by atoms with Gasteiger partial charge >= 0.3 is 5.82 Å². The Hall–Kier alpha value is -2.49. The Labute approximate surface area is 131 Å². The molecule has 0 radical (unpaired) electrons. The summed E-state index contributed by atoms with van der Waals surface area (Å²) in [5, 5.41) is 0. The van der Waals surface area contributed by atoms with Gasteiger partial charge in [0, 0.05) is 22.9 Å². The maximum Gasteiger partial charge on any atom is 0.342 e. The number of nitrogens with zero attached hydrogens (tertiary/aromatic N) is 4. The Bertz CT molecular complexity index is 846. The number of rotatable bonds is 2. The molecule has 0 atom stereocenters. The van der Waals surface area contributed by atoms with E-state index in [4.69, 9.17) is 0 Å². The van der Waals surface area contributed by atoms with E-state index < -0.39 is 0 Å². The smallest absolute Gasteiger partial charge is 0.219 e. The number of pyridine rings is 2. The molecule has 0 saturated heterocycles. The fraction of sp³-hybridized carbons (Fsp3) is 0.278. The third-order valence-electron chi connectivity index (χ3n) is 4.10. The number of aromatic nitrogens is 4. The molecule has 0 bridgehead atoms. The van der Waals surface area contributed by atoms with Crippen molar-refractivity contribution in [3.63, 3.8) is 0 Å². The molecule has 112 valence electrons. The van der Waals surface area contributed by atoms with E-state index in [0.717, 1.165) is 5.82 Å². The lowest BCUT2D eigenvalue weighted by molar-refractivity contribution is -0.764. The first-order valence-corrected chi connectivity index (χ1v) is 7.48. The highest BCUT2D eigenvalue weighted by Gasteiger charge is 2.24. The summed E-state index contributed by atoms with van der Waals surface area (Å²) in [4.78, 5) is 0. The molecule has 4 nitrogen and oxygen atoms in total. The molecule has 0 aromatic carbocycles. The van der Waals surface area contributed by atoms with Crippen molar-refractivity contribution in [1.29, 1.82) is 0 Å². The Kier molecular flexibility index (Phi) is 3.53. The van der Waals surface area contributed by atoms with E-state index in [1.54, 1.807) is 0 Å². The van der Waals surface area contributed by atoms with Crippen molar-refractivity contribution >= 4 is 0 Å². The molecule has 0 aliphatic heterocycles. The first kappa shape index (κ1) is 14.4. The van der Waals surface area contributed by atoms with Gasteiger partial charge in [0.25, 0.3) is 5.69 Å². The summed E-state index contributed by atoms with van der Waals surface area (Å²) in [6.07, 6.45) is 6.24. The molecule has 22 heavy (non-hydrogen) atoms. The van der Waals surface area contributed by atoms with Crippen molar-refractivity contribution in [3.8, 4) is 17.2 Å². The SMILES string of the molecule is Cc1cc[n+](C)c(-c2cc(C)cc(-n3ccc[n+]3C)[n+]2C)c1. The lowest BCUT2D eigenvalue weighted by Gasteiger charge is -2.07. The van der Waals surface area contributed by atoms with Gasteiger partial charge in [-0.15, -0.1) is 0 Å². The van der Waals surface area contributed by atoms with Gasteiger partial charge in [0.2, 0.25) is 6.20 Å². The molecule has 0 fully saturated rings. The summed E-state index contributed by atoms with van der Waals surface area (Å²) in [7, 11) is 6.26. The zero-order chi connectivity index (χ0) is 15.9. The highest BCUT2D eigenvalue weighted by atomic mass is 15.4. The van der Waals surface area contributed by atoms with Crippen LogP contribution in [0.25, 0.3) is 17.2 Å². The number of aryl methyl sites for hydroxylation is 4. The molecular formula is C18H23N4+3. The van der Waals surface area contributed by atoms with Crippen LogP contribution in [-0.2, 0) is 21.1 Å². The predicted molar refractivity (Wildman–Crippen MR) is 84.2 cm³/mol. The maximum atomic E-state index is 2.24. The Morgan fingerprint density at radius 1 is 0.864 bits per heavy atom. The molecule has 3 aromatic rings. The Balaban J connectivity index is 2.28. The van der Waals surface area contributed by atoms with Gasteiger partial charge in [-0.25, -0.2) is 4.57 Å². The highest BCUT2D eigenvalue weighted by Crippen LogP contribution is 2.16. The second-order valence-corrected chi connectivity index (χ2v) is 5.94. The van der Waals surface area contributed by atoms with Crippen molar-refractivity contribution in [2.75, 3.05) is 0 Å². The van der Waals surface area contributed by atoms with E-state index in [9.17, 15) is 0 Å². The molecule has 3 aromatic heterocycles. The number of hydrogen-bond acceptors (Lipinski definition) is 0. The first-order chi connectivity index (χ1) is 10.5. The quantitative estimate of drug-likeness (QED) is 0.633. The van der Waals surface area contributed by atoms with Crippen molar-refractivity contribution in [2.24, 2.45) is 21.1 Å². The lowest BCUT2D eigenvalue weighted by atomic mass is 10.1. The van der Waals surface area contributed by atoms with Crippen LogP contribution in [0.2, 0.25) is 0 Å². The van der Waals surface area contributed by atoms with E-state index in [-0.39, 0.29) is 0 Å². The fourth-order valence-electron chi connectivity index (χ4n) is 2.83. The van der Waals surface area contributed by atoms with E-state index in [1.807, 2.05) is 0 Å². The molecular weight excluding hydrogens is 272 g/mol. The average molecular weight is 295 g/mol. The van der Waals surface area contributed by atoms with Crippen LogP contribution in [0.15, 0.2) is 48.9 Å². The van der Waals surface area contributed by atoms with Crippen molar-refractivity contribution in [3.05, 3.63) is 60.0 Å². The van der Waals surface area contributed by atoms with Crippen LogP contribution in [-0.4, -0.2) is 4.68 Å². The fourth-order valence-corrected chi connectivity index (χ4v) is 2.83. The molecule has 3 heterocycles. The average Bonchev–Trinajstić information content (AvgIpc) is 2.90. The molecule has 0 aliphatic rings. The summed E-state index contributed by atoms with van der Waals surface area (Å²) in [5.74, 6) is 1.14. The van der Waals surface area contributed by atoms with Crippen LogP contribution >= 0.6 is 0 Å². The molecule has 0 unspecified atom stereocenters. The van der Waals surface area contributed by atoms with E-state index in [0.29, 0.717) is 0 Å². The van der Waals surface area contributed by atoms with Crippen LogP contribution in [0, 0.1) is 13.8 Å². The molecule has 0 saturated carbocycles. The molecule has 0 aliphatic carbocycles. The monoisotopic (exact) mass is 295 g/mol. The second kappa shape index (κ2) is 5.37. The van der Waals surface area contributed by atoms with Gasteiger partial charge in [-0.05, 0) is 35.7 Å². The van der Waals surface area contributed by atoms with E-state index in [1.165, 1.54) is 22.5 Å². The zero-order valence-corrected chi connectivity index (χ0v) is 13.9. The van der Waals surface area contributed by atoms with E-state index >= 15 is 0 Å². The third-order valence-corrected chi connectivity index (χ3v) is 4.10. The van der Waals surface area contributed by atoms with E-state index in [2.05, 4.69) is 102 Å². The summed E-state index contributed by atoms with van der Waals surface area (Å²) in [5.41, 5.74) is 4.93. The Morgan fingerprint density at radius 3 is 2.27 bits per heavy atom. The molecule has 0 spiro atoms. The van der Waals surface area contributed by atoms with Crippen molar-refractivity contribution in [2.45, 2.75) is 13.8 Å². The molecule has 4 heteroatoms. The van der Waals surface area contributed by atoms with Crippen LogP contribution in [0.3, 0.4) is 0 Å². The maximum absolute atomic E-state index is 2.24. The summed E-state index contributed by atoms with van der Waals surface area (Å²) in [6, 6.07) is 10.9.